The molecule has 1 aromatic carbocycles. The van der Waals surface area contributed by atoms with E-state index in [9.17, 15) is 9.90 Å². The maximum absolute atomic E-state index is 11.4. The molecule has 7 nitrogen and oxygen atoms in total. The molecule has 0 aliphatic carbocycles. The van der Waals surface area contributed by atoms with Gasteiger partial charge in [-0.25, -0.2) is 9.78 Å². The molecule has 0 radical (unpaired) electrons. The van der Waals surface area contributed by atoms with Crippen LogP contribution >= 0.6 is 0 Å². The van der Waals surface area contributed by atoms with Gasteiger partial charge < -0.3 is 19.7 Å². The molecule has 0 aliphatic heterocycles. The van der Waals surface area contributed by atoms with Crippen LogP contribution < -0.4 is 4.74 Å². The largest absolute Gasteiger partial charge is 0.496 e. The predicted octanol–water partition coefficient (Wildman–Crippen LogP) is 1.99. The first-order valence-corrected chi connectivity index (χ1v) is 8.17. The second-order valence-corrected chi connectivity index (χ2v) is 6.33. The maximum atomic E-state index is 11.4. The molecule has 2 aromatic rings. The standard InChI is InChI=1S/C18H26N4O3/c1-13-16(20-12-19-13)11-22(8-7-21(2)3)10-14-5-6-17(25-4)15(9-14)18(23)24/h5-6,9,12H,7-8,10-11H2,1-4H3,(H,19,20)(H,23,24). The maximum Gasteiger partial charge on any atom is 0.339 e. The monoisotopic (exact) mass is 346 g/mol. The molecule has 0 saturated carbocycles. The number of carbonyl (C=O) groups is 1. The van der Waals surface area contributed by atoms with E-state index in [1.165, 1.54) is 7.11 Å². The Bertz CT molecular complexity index is 712. The highest BCUT2D eigenvalue weighted by molar-refractivity contribution is 5.91. The number of benzene rings is 1. The average molecular weight is 346 g/mol. The van der Waals surface area contributed by atoms with Crippen molar-refractivity contribution in [3.05, 3.63) is 47.0 Å². The van der Waals surface area contributed by atoms with E-state index in [1.807, 2.05) is 27.1 Å². The van der Waals surface area contributed by atoms with E-state index in [0.717, 1.165) is 30.0 Å². The molecule has 0 atom stereocenters. The van der Waals surface area contributed by atoms with E-state index in [4.69, 9.17) is 4.74 Å². The molecule has 2 rings (SSSR count). The number of carboxylic acid groups (broad SMARTS) is 1. The molecule has 0 bridgehead atoms. The normalized spacial score (nSPS) is 11.3. The van der Waals surface area contributed by atoms with Crippen molar-refractivity contribution in [2.45, 2.75) is 20.0 Å². The summed E-state index contributed by atoms with van der Waals surface area (Å²) in [4.78, 5) is 23.3. The minimum atomic E-state index is -0.985. The molecule has 0 unspecified atom stereocenters. The zero-order valence-corrected chi connectivity index (χ0v) is 15.2. The lowest BCUT2D eigenvalue weighted by molar-refractivity contribution is 0.0693. The van der Waals surface area contributed by atoms with E-state index < -0.39 is 5.97 Å². The fraction of sp³-hybridized carbons (Fsp3) is 0.444. The summed E-state index contributed by atoms with van der Waals surface area (Å²) in [5.74, 6) is -0.610. The summed E-state index contributed by atoms with van der Waals surface area (Å²) in [6.07, 6.45) is 1.70. The van der Waals surface area contributed by atoms with Crippen molar-refractivity contribution in [2.24, 2.45) is 0 Å². The van der Waals surface area contributed by atoms with Crippen LogP contribution in [-0.4, -0.2) is 65.1 Å². The number of aromatic amines is 1. The molecule has 7 heteroatoms. The topological polar surface area (TPSA) is 81.7 Å². The van der Waals surface area contributed by atoms with E-state index in [0.29, 0.717) is 18.8 Å². The second-order valence-electron chi connectivity index (χ2n) is 6.33. The lowest BCUT2D eigenvalue weighted by Gasteiger charge is -2.24. The second kappa shape index (κ2) is 8.64. The summed E-state index contributed by atoms with van der Waals surface area (Å²) in [5.41, 5.74) is 3.18. The molecule has 0 amide bonds. The van der Waals surface area contributed by atoms with Crippen molar-refractivity contribution in [1.82, 2.24) is 19.8 Å². The van der Waals surface area contributed by atoms with Gasteiger partial charge in [-0.3, -0.25) is 4.90 Å². The highest BCUT2D eigenvalue weighted by Gasteiger charge is 2.15. The molecule has 0 saturated heterocycles. The van der Waals surface area contributed by atoms with Crippen LogP contribution in [0.3, 0.4) is 0 Å². The fourth-order valence-electron chi connectivity index (χ4n) is 2.59. The van der Waals surface area contributed by atoms with Gasteiger partial charge in [0.25, 0.3) is 0 Å². The van der Waals surface area contributed by atoms with Gasteiger partial charge in [0.15, 0.2) is 0 Å². The Hall–Kier alpha value is -2.38. The molecule has 1 aromatic heterocycles. The predicted molar refractivity (Wildman–Crippen MR) is 95.9 cm³/mol. The number of H-pyrrole nitrogens is 1. The number of carboxylic acids is 1. The number of aromatic nitrogens is 2. The smallest absolute Gasteiger partial charge is 0.339 e. The van der Waals surface area contributed by atoms with Gasteiger partial charge in [0.1, 0.15) is 11.3 Å². The first kappa shape index (κ1) is 19.0. The number of methoxy groups -OCH3 is 1. The Labute approximate surface area is 148 Å². The van der Waals surface area contributed by atoms with Crippen molar-refractivity contribution < 1.29 is 14.6 Å². The molecule has 1 heterocycles. The van der Waals surface area contributed by atoms with Crippen LogP contribution in [0.4, 0.5) is 0 Å². The van der Waals surface area contributed by atoms with Crippen LogP contribution in [-0.2, 0) is 13.1 Å². The summed E-state index contributed by atoms with van der Waals surface area (Å²) >= 11 is 0. The van der Waals surface area contributed by atoms with Crippen LogP contribution in [0.5, 0.6) is 5.75 Å². The number of aryl methyl sites for hydroxylation is 1. The minimum Gasteiger partial charge on any atom is -0.496 e. The lowest BCUT2D eigenvalue weighted by atomic mass is 10.1. The Kier molecular flexibility index (Phi) is 6.55. The number of hydrogen-bond acceptors (Lipinski definition) is 5. The van der Waals surface area contributed by atoms with E-state index in [-0.39, 0.29) is 5.56 Å². The van der Waals surface area contributed by atoms with Crippen molar-refractivity contribution in [1.29, 1.82) is 0 Å². The number of aromatic carboxylic acids is 1. The number of ether oxygens (including phenoxy) is 1. The van der Waals surface area contributed by atoms with Gasteiger partial charge in [-0.2, -0.15) is 0 Å². The van der Waals surface area contributed by atoms with Crippen molar-refractivity contribution in [3.8, 4) is 5.75 Å². The molecule has 0 spiro atoms. The first-order valence-electron chi connectivity index (χ1n) is 8.17. The summed E-state index contributed by atoms with van der Waals surface area (Å²) in [7, 11) is 5.55. The number of rotatable bonds is 9. The zero-order chi connectivity index (χ0) is 18.4. The molecular weight excluding hydrogens is 320 g/mol. The summed E-state index contributed by atoms with van der Waals surface area (Å²) in [6, 6.07) is 5.30. The molecule has 25 heavy (non-hydrogen) atoms. The Morgan fingerprint density at radius 1 is 1.28 bits per heavy atom. The summed E-state index contributed by atoms with van der Waals surface area (Å²) in [6.45, 7) is 5.11. The number of imidazole rings is 1. The van der Waals surface area contributed by atoms with Crippen LogP contribution in [0, 0.1) is 6.92 Å². The van der Waals surface area contributed by atoms with Crippen molar-refractivity contribution in [2.75, 3.05) is 34.3 Å². The SMILES string of the molecule is COc1ccc(CN(CCN(C)C)Cc2nc[nH]c2C)cc1C(=O)O. The van der Waals surface area contributed by atoms with E-state index in [1.54, 1.807) is 18.5 Å². The summed E-state index contributed by atoms with van der Waals surface area (Å²) < 4.78 is 5.13. The van der Waals surface area contributed by atoms with Gasteiger partial charge in [-0.15, -0.1) is 0 Å². The highest BCUT2D eigenvalue weighted by Crippen LogP contribution is 2.21. The zero-order valence-electron chi connectivity index (χ0n) is 15.2. The number of hydrogen-bond donors (Lipinski definition) is 2. The van der Waals surface area contributed by atoms with E-state index >= 15 is 0 Å². The Morgan fingerprint density at radius 3 is 2.60 bits per heavy atom. The third kappa shape index (κ3) is 5.30. The quantitative estimate of drug-likeness (QED) is 0.723. The first-order chi connectivity index (χ1) is 11.9. The molecule has 2 N–H and O–H groups in total. The number of likely N-dealkylation sites (N-methyl/N-ethyl adjacent to an activating group) is 1. The molecule has 0 aliphatic rings. The Balaban J connectivity index is 2.18. The van der Waals surface area contributed by atoms with Gasteiger partial charge >= 0.3 is 5.97 Å². The van der Waals surface area contributed by atoms with Crippen LogP contribution in [0.15, 0.2) is 24.5 Å². The third-order valence-corrected chi connectivity index (χ3v) is 4.07. The summed E-state index contributed by atoms with van der Waals surface area (Å²) in [5, 5.41) is 9.36. The van der Waals surface area contributed by atoms with Gasteiger partial charge in [-0.1, -0.05) is 6.07 Å². The fourth-order valence-corrected chi connectivity index (χ4v) is 2.59. The average Bonchev–Trinajstić information content (AvgIpc) is 2.97. The van der Waals surface area contributed by atoms with Gasteiger partial charge in [0.2, 0.25) is 0 Å². The molecule has 0 fully saturated rings. The molecule has 136 valence electrons. The number of nitrogens with one attached hydrogen (secondary N) is 1. The van der Waals surface area contributed by atoms with Gasteiger partial charge in [-0.05, 0) is 38.7 Å². The minimum absolute atomic E-state index is 0.184. The van der Waals surface area contributed by atoms with E-state index in [2.05, 4.69) is 19.8 Å². The number of nitrogens with zero attached hydrogens (tertiary/aromatic N) is 3. The third-order valence-electron chi connectivity index (χ3n) is 4.07. The van der Waals surface area contributed by atoms with Gasteiger partial charge in [0.05, 0.1) is 19.1 Å². The van der Waals surface area contributed by atoms with Gasteiger partial charge in [0, 0.05) is 31.9 Å². The van der Waals surface area contributed by atoms with Crippen LogP contribution in [0.25, 0.3) is 0 Å². The lowest BCUT2D eigenvalue weighted by Crippen LogP contribution is -2.31. The highest BCUT2D eigenvalue weighted by atomic mass is 16.5. The van der Waals surface area contributed by atoms with Crippen molar-refractivity contribution >= 4 is 5.97 Å². The van der Waals surface area contributed by atoms with Crippen molar-refractivity contribution in [3.63, 3.8) is 0 Å². The molecular formula is C18H26N4O3. The van der Waals surface area contributed by atoms with Crippen LogP contribution in [0.2, 0.25) is 0 Å². The Morgan fingerprint density at radius 2 is 2.04 bits per heavy atom. The van der Waals surface area contributed by atoms with Crippen LogP contribution in [0.1, 0.15) is 27.3 Å².